The lowest BCUT2D eigenvalue weighted by molar-refractivity contribution is -0.250. The standard InChI is InChI=1S/C34H44O5SSi/c1-33(2,3)41(34(4,5)6)37-24-28-29(39-41)30(35-22-25-16-10-7-11-17-25)31(36-23-26-18-12-8-13-19-26)32(38-28)40-27-20-14-9-15-21-27/h7-21,28-32H,22-24H2,1-6H3/t28-,29+,30+,31-,32+/m1/s1. The SMILES string of the molecule is CC(C)(C)[Si]1(C(C)(C)C)OC[C@H]2O[C@@H](Sc3ccccc3)[C@H](OCc3ccccc3)[C@@H](OCc3ccccc3)[C@H]2O1. The first-order chi connectivity index (χ1) is 19.6. The van der Waals surface area contributed by atoms with Crippen LogP contribution in [0.5, 0.6) is 0 Å². The number of rotatable bonds is 8. The Hall–Kier alpha value is -1.97. The van der Waals surface area contributed by atoms with Crippen molar-refractivity contribution in [2.24, 2.45) is 0 Å². The van der Waals surface area contributed by atoms with Crippen molar-refractivity contribution in [3.05, 3.63) is 102 Å². The van der Waals surface area contributed by atoms with Crippen LogP contribution in [0.2, 0.25) is 10.1 Å². The van der Waals surface area contributed by atoms with Gasteiger partial charge in [-0.05, 0) is 23.3 Å². The van der Waals surface area contributed by atoms with E-state index in [0.29, 0.717) is 19.8 Å². The van der Waals surface area contributed by atoms with E-state index in [4.69, 9.17) is 23.1 Å². The van der Waals surface area contributed by atoms with Gasteiger partial charge in [0.05, 0.1) is 19.8 Å². The predicted molar refractivity (Wildman–Crippen MR) is 167 cm³/mol. The number of fused-ring (bicyclic) bond motifs is 1. The molecule has 2 saturated heterocycles. The van der Waals surface area contributed by atoms with Gasteiger partial charge in [0.2, 0.25) is 0 Å². The van der Waals surface area contributed by atoms with Gasteiger partial charge in [-0.1, -0.05) is 132 Å². The zero-order chi connectivity index (χ0) is 29.1. The second-order valence-corrected chi connectivity index (χ2v) is 18.9. The molecule has 0 unspecified atom stereocenters. The van der Waals surface area contributed by atoms with Crippen LogP contribution >= 0.6 is 11.8 Å². The Balaban J connectivity index is 1.51. The van der Waals surface area contributed by atoms with Crippen molar-refractivity contribution in [1.82, 2.24) is 0 Å². The number of benzene rings is 3. The van der Waals surface area contributed by atoms with Crippen LogP contribution in [0, 0.1) is 0 Å². The van der Waals surface area contributed by atoms with Gasteiger partial charge in [-0.15, -0.1) is 0 Å². The molecule has 2 heterocycles. The fraction of sp³-hybridized carbons (Fsp3) is 0.471. The average Bonchev–Trinajstić information content (AvgIpc) is 2.95. The van der Waals surface area contributed by atoms with Gasteiger partial charge in [0.1, 0.15) is 29.9 Å². The summed E-state index contributed by atoms with van der Waals surface area (Å²) in [6.45, 7) is 14.9. The molecule has 0 aromatic heterocycles. The number of hydrogen-bond acceptors (Lipinski definition) is 6. The molecule has 2 aliphatic heterocycles. The molecule has 0 N–H and O–H groups in total. The third-order valence-corrected chi connectivity index (χ3v) is 14.2. The van der Waals surface area contributed by atoms with Crippen LogP contribution in [-0.2, 0) is 36.3 Å². The summed E-state index contributed by atoms with van der Waals surface area (Å²) in [5, 5.41) is -0.313. The van der Waals surface area contributed by atoms with E-state index in [9.17, 15) is 0 Å². The molecule has 0 saturated carbocycles. The van der Waals surface area contributed by atoms with E-state index in [1.165, 1.54) is 0 Å². The molecule has 0 amide bonds. The summed E-state index contributed by atoms with van der Waals surface area (Å²) >= 11 is 1.67. The molecular formula is C34H44O5SSi. The van der Waals surface area contributed by atoms with Crippen LogP contribution in [0.15, 0.2) is 95.9 Å². The summed E-state index contributed by atoms with van der Waals surface area (Å²) < 4.78 is 34.5. The summed E-state index contributed by atoms with van der Waals surface area (Å²) in [6, 6.07) is 31.0. The van der Waals surface area contributed by atoms with Crippen LogP contribution in [0.4, 0.5) is 0 Å². The molecule has 0 bridgehead atoms. The van der Waals surface area contributed by atoms with Gasteiger partial charge < -0.3 is 23.1 Å². The van der Waals surface area contributed by atoms with E-state index in [0.717, 1.165) is 16.0 Å². The number of hydrogen-bond donors (Lipinski definition) is 0. The van der Waals surface area contributed by atoms with E-state index in [1.807, 2.05) is 42.5 Å². The normalized spacial score (nSPS) is 26.3. The maximum Gasteiger partial charge on any atom is 0.349 e. The van der Waals surface area contributed by atoms with Crippen molar-refractivity contribution in [2.45, 2.75) is 99.6 Å². The van der Waals surface area contributed by atoms with Gasteiger partial charge in [-0.3, -0.25) is 0 Å². The Bertz CT molecular complexity index is 1210. The van der Waals surface area contributed by atoms with Gasteiger partial charge in [0.25, 0.3) is 0 Å². The lowest BCUT2D eigenvalue weighted by Gasteiger charge is -2.58. The first-order valence-corrected chi connectivity index (χ1v) is 17.3. The van der Waals surface area contributed by atoms with Crippen molar-refractivity contribution in [2.75, 3.05) is 6.61 Å². The summed E-state index contributed by atoms with van der Waals surface area (Å²) in [4.78, 5) is 1.12. The smallest absolute Gasteiger partial charge is 0.349 e. The molecule has 5 atom stereocenters. The van der Waals surface area contributed by atoms with E-state index < -0.39 is 8.56 Å². The second kappa shape index (κ2) is 12.7. The highest BCUT2D eigenvalue weighted by Gasteiger charge is 2.65. The quantitative estimate of drug-likeness (QED) is 0.246. The van der Waals surface area contributed by atoms with Gasteiger partial charge in [0, 0.05) is 15.0 Å². The first kappa shape index (κ1) is 30.5. The molecule has 5 nitrogen and oxygen atoms in total. The predicted octanol–water partition coefficient (Wildman–Crippen LogP) is 8.13. The molecule has 0 radical (unpaired) electrons. The van der Waals surface area contributed by atoms with Crippen molar-refractivity contribution in [3.8, 4) is 0 Å². The van der Waals surface area contributed by atoms with Gasteiger partial charge >= 0.3 is 8.56 Å². The van der Waals surface area contributed by atoms with Gasteiger partial charge in [-0.2, -0.15) is 0 Å². The van der Waals surface area contributed by atoms with Crippen LogP contribution in [0.3, 0.4) is 0 Å². The van der Waals surface area contributed by atoms with Crippen LogP contribution in [-0.4, -0.2) is 45.0 Å². The van der Waals surface area contributed by atoms with Crippen molar-refractivity contribution >= 4 is 20.3 Å². The maximum atomic E-state index is 7.27. The molecule has 41 heavy (non-hydrogen) atoms. The highest BCUT2D eigenvalue weighted by atomic mass is 32.2. The molecule has 5 rings (SSSR count). The van der Waals surface area contributed by atoms with Crippen molar-refractivity contribution in [3.63, 3.8) is 0 Å². The van der Waals surface area contributed by atoms with Crippen LogP contribution in [0.25, 0.3) is 0 Å². The summed E-state index contributed by atoms with van der Waals surface area (Å²) in [5.41, 5.74) is 1.93. The van der Waals surface area contributed by atoms with E-state index in [2.05, 4.69) is 90.1 Å². The number of thioether (sulfide) groups is 1. The zero-order valence-electron chi connectivity index (χ0n) is 25.1. The van der Waals surface area contributed by atoms with Crippen LogP contribution < -0.4 is 0 Å². The monoisotopic (exact) mass is 592 g/mol. The summed E-state index contributed by atoms with van der Waals surface area (Å²) in [7, 11) is -2.78. The second-order valence-electron chi connectivity index (χ2n) is 13.0. The van der Waals surface area contributed by atoms with E-state index in [-0.39, 0.29) is 39.9 Å². The minimum atomic E-state index is -2.78. The minimum Gasteiger partial charge on any atom is -0.391 e. The molecule has 3 aromatic rings. The summed E-state index contributed by atoms with van der Waals surface area (Å²) in [6.07, 6.45) is -1.29. The Morgan fingerprint density at radius 1 is 0.707 bits per heavy atom. The highest BCUT2D eigenvalue weighted by molar-refractivity contribution is 7.99. The highest BCUT2D eigenvalue weighted by Crippen LogP contribution is 2.55. The Morgan fingerprint density at radius 2 is 1.20 bits per heavy atom. The van der Waals surface area contributed by atoms with E-state index in [1.54, 1.807) is 11.8 Å². The molecule has 7 heteroatoms. The Morgan fingerprint density at radius 3 is 1.71 bits per heavy atom. The number of ether oxygens (including phenoxy) is 3. The lowest BCUT2D eigenvalue weighted by Crippen LogP contribution is -2.71. The van der Waals surface area contributed by atoms with Gasteiger partial charge in [-0.25, -0.2) is 0 Å². The third-order valence-electron chi connectivity index (χ3n) is 7.88. The molecule has 3 aromatic carbocycles. The Labute approximate surface area is 251 Å². The van der Waals surface area contributed by atoms with Crippen molar-refractivity contribution in [1.29, 1.82) is 0 Å². The fourth-order valence-electron chi connectivity index (χ4n) is 6.12. The maximum absolute atomic E-state index is 7.27. The summed E-state index contributed by atoms with van der Waals surface area (Å²) in [5.74, 6) is 0. The van der Waals surface area contributed by atoms with Crippen LogP contribution in [0.1, 0.15) is 52.7 Å². The topological polar surface area (TPSA) is 46.2 Å². The first-order valence-electron chi connectivity index (χ1n) is 14.6. The third kappa shape index (κ3) is 6.83. The average molecular weight is 593 g/mol. The van der Waals surface area contributed by atoms with Crippen molar-refractivity contribution < 1.29 is 23.1 Å². The molecule has 220 valence electrons. The largest absolute Gasteiger partial charge is 0.391 e. The molecule has 2 fully saturated rings. The molecule has 2 aliphatic rings. The molecule has 0 spiro atoms. The zero-order valence-corrected chi connectivity index (χ0v) is 26.9. The Kier molecular flexibility index (Phi) is 9.46. The molecular weight excluding hydrogens is 549 g/mol. The lowest BCUT2D eigenvalue weighted by atomic mass is 9.99. The fourth-order valence-corrected chi connectivity index (χ4v) is 12.2. The van der Waals surface area contributed by atoms with Gasteiger partial charge in [0.15, 0.2) is 0 Å². The van der Waals surface area contributed by atoms with E-state index >= 15 is 0 Å². The minimum absolute atomic E-state index is 0.157. The molecule has 0 aliphatic carbocycles.